The van der Waals surface area contributed by atoms with Crippen LogP contribution in [-0.2, 0) is 7.05 Å². The Morgan fingerprint density at radius 2 is 1.80 bits per heavy atom. The van der Waals surface area contributed by atoms with Crippen LogP contribution < -0.4 is 10.2 Å². The molecule has 1 unspecified atom stereocenters. The third-order valence-electron chi connectivity index (χ3n) is 6.83. The molecule has 4 aromatic rings. The Hall–Kier alpha value is -3.87. The third kappa shape index (κ3) is 4.34. The van der Waals surface area contributed by atoms with E-state index in [9.17, 15) is 4.79 Å². The average Bonchev–Trinajstić information content (AvgIpc) is 3.13. The number of hydrogen-bond donors (Lipinski definition) is 1. The van der Waals surface area contributed by atoms with Crippen LogP contribution in [0.4, 0.5) is 17.1 Å². The molecule has 5 rings (SSSR count). The molecule has 2 aromatic heterocycles. The van der Waals surface area contributed by atoms with E-state index in [1.54, 1.807) is 10.9 Å². The van der Waals surface area contributed by atoms with Crippen LogP contribution in [0.5, 0.6) is 0 Å². The fourth-order valence-electron chi connectivity index (χ4n) is 4.99. The standard InChI is InChI=1S/C28H32N6O/c1-18-9-11-22(12-10-18)30-26-24(16-29-27-25(26)21(4)31-32(27)5)28(35)33-13-14-34(20(3)17-33)23-8-6-7-19(2)15-23/h6-12,15-16,20H,13-14,17H2,1-5H3,(H,29,30). The van der Waals surface area contributed by atoms with E-state index in [0.29, 0.717) is 18.7 Å². The van der Waals surface area contributed by atoms with E-state index < -0.39 is 0 Å². The molecule has 1 aliphatic rings. The highest BCUT2D eigenvalue weighted by Crippen LogP contribution is 2.33. The summed E-state index contributed by atoms with van der Waals surface area (Å²) >= 11 is 0. The van der Waals surface area contributed by atoms with Crippen LogP contribution in [0.15, 0.2) is 54.7 Å². The van der Waals surface area contributed by atoms with Gasteiger partial charge in [0.2, 0.25) is 0 Å². The molecule has 1 saturated heterocycles. The van der Waals surface area contributed by atoms with Crippen LogP contribution in [0, 0.1) is 20.8 Å². The highest BCUT2D eigenvalue weighted by molar-refractivity contribution is 6.08. The number of pyridine rings is 1. The number of anilines is 3. The summed E-state index contributed by atoms with van der Waals surface area (Å²) in [5.41, 5.74) is 7.51. The molecule has 0 aliphatic carbocycles. The lowest BCUT2D eigenvalue weighted by atomic mass is 10.1. The predicted octanol–water partition coefficient (Wildman–Crippen LogP) is 4.99. The Bertz CT molecular complexity index is 1390. The van der Waals surface area contributed by atoms with Crippen LogP contribution >= 0.6 is 0 Å². The number of nitrogens with zero attached hydrogens (tertiary/aromatic N) is 5. The minimum absolute atomic E-state index is 0.00648. The van der Waals surface area contributed by atoms with Gasteiger partial charge >= 0.3 is 0 Å². The Morgan fingerprint density at radius 1 is 1.03 bits per heavy atom. The van der Waals surface area contributed by atoms with Crippen molar-refractivity contribution in [1.82, 2.24) is 19.7 Å². The number of piperazine rings is 1. The predicted molar refractivity (Wildman–Crippen MR) is 142 cm³/mol. The van der Waals surface area contributed by atoms with Crippen molar-refractivity contribution >= 4 is 34.0 Å². The molecule has 0 radical (unpaired) electrons. The van der Waals surface area contributed by atoms with E-state index in [4.69, 9.17) is 0 Å². The SMILES string of the molecule is Cc1ccc(Nc2c(C(=O)N3CCN(c4cccc(C)c4)C(C)C3)cnc3c2c(C)nn3C)cc1. The summed E-state index contributed by atoms with van der Waals surface area (Å²) in [5.74, 6) is -0.00648. The molecule has 180 valence electrons. The maximum atomic E-state index is 13.9. The zero-order chi connectivity index (χ0) is 24.7. The van der Waals surface area contributed by atoms with E-state index in [0.717, 1.165) is 34.6 Å². The van der Waals surface area contributed by atoms with Gasteiger partial charge in [0.05, 0.1) is 22.3 Å². The second kappa shape index (κ2) is 9.06. The molecule has 1 N–H and O–H groups in total. The van der Waals surface area contributed by atoms with Gasteiger partial charge in [-0.1, -0.05) is 29.8 Å². The summed E-state index contributed by atoms with van der Waals surface area (Å²) in [6.07, 6.45) is 1.69. The lowest BCUT2D eigenvalue weighted by Gasteiger charge is -2.41. The lowest BCUT2D eigenvalue weighted by Crippen LogP contribution is -2.53. The number of carbonyl (C=O) groups is 1. The first-order chi connectivity index (χ1) is 16.8. The number of nitrogens with one attached hydrogen (secondary N) is 1. The minimum atomic E-state index is -0.00648. The number of carbonyl (C=O) groups excluding carboxylic acids is 1. The van der Waals surface area contributed by atoms with Crippen molar-refractivity contribution < 1.29 is 4.79 Å². The number of amides is 1. The maximum absolute atomic E-state index is 13.9. The summed E-state index contributed by atoms with van der Waals surface area (Å²) in [4.78, 5) is 22.8. The van der Waals surface area contributed by atoms with Crippen LogP contribution in [0.3, 0.4) is 0 Å². The Morgan fingerprint density at radius 3 is 2.51 bits per heavy atom. The number of rotatable bonds is 4. The number of hydrogen-bond acceptors (Lipinski definition) is 5. The van der Waals surface area contributed by atoms with E-state index in [-0.39, 0.29) is 11.9 Å². The second-order valence-electron chi connectivity index (χ2n) is 9.58. The summed E-state index contributed by atoms with van der Waals surface area (Å²) in [5, 5.41) is 8.96. The Kier molecular flexibility index (Phi) is 5.93. The van der Waals surface area contributed by atoms with Gasteiger partial charge in [-0.25, -0.2) is 4.98 Å². The monoisotopic (exact) mass is 468 g/mol. The highest BCUT2D eigenvalue weighted by Gasteiger charge is 2.30. The van der Waals surface area contributed by atoms with Crippen LogP contribution in [0.1, 0.15) is 34.1 Å². The molecule has 3 heterocycles. The summed E-state index contributed by atoms with van der Waals surface area (Å²) in [6.45, 7) is 10.4. The summed E-state index contributed by atoms with van der Waals surface area (Å²) in [7, 11) is 1.88. The third-order valence-corrected chi connectivity index (χ3v) is 6.83. The van der Waals surface area contributed by atoms with Crippen molar-refractivity contribution in [1.29, 1.82) is 0 Å². The molecule has 35 heavy (non-hydrogen) atoms. The van der Waals surface area contributed by atoms with Gasteiger partial charge in [0, 0.05) is 50.3 Å². The fourth-order valence-corrected chi connectivity index (χ4v) is 4.99. The number of aromatic nitrogens is 3. The first-order valence-electron chi connectivity index (χ1n) is 12.1. The Balaban J connectivity index is 1.47. The first-order valence-corrected chi connectivity index (χ1v) is 12.1. The van der Waals surface area contributed by atoms with Gasteiger partial charge in [0.1, 0.15) is 0 Å². The molecular weight excluding hydrogens is 436 g/mol. The molecule has 1 atom stereocenters. The molecule has 7 nitrogen and oxygen atoms in total. The first kappa shape index (κ1) is 22.9. The molecule has 0 spiro atoms. The largest absolute Gasteiger partial charge is 0.365 e. The zero-order valence-electron chi connectivity index (χ0n) is 21.0. The summed E-state index contributed by atoms with van der Waals surface area (Å²) < 4.78 is 1.77. The van der Waals surface area contributed by atoms with Gasteiger partial charge < -0.3 is 15.1 Å². The van der Waals surface area contributed by atoms with E-state index >= 15 is 0 Å². The lowest BCUT2D eigenvalue weighted by molar-refractivity contribution is 0.0727. The quantitative estimate of drug-likeness (QED) is 0.457. The van der Waals surface area contributed by atoms with Crippen LogP contribution in [-0.4, -0.2) is 51.2 Å². The molecule has 0 saturated carbocycles. The molecule has 1 aliphatic heterocycles. The number of benzene rings is 2. The van der Waals surface area contributed by atoms with Crippen LogP contribution in [0.25, 0.3) is 11.0 Å². The Labute approximate surface area is 206 Å². The van der Waals surface area contributed by atoms with Crippen molar-refractivity contribution in [2.75, 3.05) is 29.9 Å². The normalized spacial score (nSPS) is 16.1. The average molecular weight is 469 g/mol. The van der Waals surface area contributed by atoms with E-state index in [2.05, 4.69) is 77.5 Å². The van der Waals surface area contributed by atoms with Gasteiger partial charge in [-0.15, -0.1) is 0 Å². The smallest absolute Gasteiger partial charge is 0.257 e. The fraction of sp³-hybridized carbons (Fsp3) is 0.321. The van der Waals surface area contributed by atoms with Gasteiger partial charge in [-0.3, -0.25) is 9.48 Å². The van der Waals surface area contributed by atoms with Crippen molar-refractivity contribution in [2.24, 2.45) is 7.05 Å². The van der Waals surface area contributed by atoms with Crippen molar-refractivity contribution in [3.8, 4) is 0 Å². The highest BCUT2D eigenvalue weighted by atomic mass is 16.2. The van der Waals surface area contributed by atoms with Crippen LogP contribution in [0.2, 0.25) is 0 Å². The van der Waals surface area contributed by atoms with Gasteiger partial charge in [0.25, 0.3) is 5.91 Å². The molecule has 1 amide bonds. The summed E-state index contributed by atoms with van der Waals surface area (Å²) in [6, 6.07) is 17.0. The van der Waals surface area contributed by atoms with Crippen molar-refractivity contribution in [3.05, 3.63) is 77.1 Å². The second-order valence-corrected chi connectivity index (χ2v) is 9.58. The van der Waals surface area contributed by atoms with E-state index in [1.165, 1.54) is 16.8 Å². The van der Waals surface area contributed by atoms with Gasteiger partial charge in [-0.05, 0) is 57.5 Å². The maximum Gasteiger partial charge on any atom is 0.257 e. The van der Waals surface area contributed by atoms with Gasteiger partial charge in [-0.2, -0.15) is 5.10 Å². The van der Waals surface area contributed by atoms with Crippen molar-refractivity contribution in [3.63, 3.8) is 0 Å². The molecule has 1 fully saturated rings. The molecular formula is C28H32N6O. The minimum Gasteiger partial charge on any atom is -0.365 e. The van der Waals surface area contributed by atoms with E-state index in [1.807, 2.05) is 31.0 Å². The molecule has 7 heteroatoms. The molecule has 0 bridgehead atoms. The molecule has 2 aromatic carbocycles. The van der Waals surface area contributed by atoms with Crippen molar-refractivity contribution in [2.45, 2.75) is 33.7 Å². The topological polar surface area (TPSA) is 66.3 Å². The van der Waals surface area contributed by atoms with Gasteiger partial charge in [0.15, 0.2) is 5.65 Å². The number of fused-ring (bicyclic) bond motifs is 1. The number of aryl methyl sites for hydroxylation is 4. The zero-order valence-corrected chi connectivity index (χ0v) is 21.0.